The minimum absolute atomic E-state index is 0.0729. The van der Waals surface area contributed by atoms with E-state index < -0.39 is 0 Å². The third kappa shape index (κ3) is 9.85. The molecule has 0 aliphatic carbocycles. The SMILES string of the molecule is CCCCCCCCCC(=O)NN(C)C(C)=O. The van der Waals surface area contributed by atoms with Crippen molar-refractivity contribution in [3.05, 3.63) is 0 Å². The van der Waals surface area contributed by atoms with E-state index in [-0.39, 0.29) is 11.8 Å². The lowest BCUT2D eigenvalue weighted by molar-refractivity contribution is -0.138. The van der Waals surface area contributed by atoms with Gasteiger partial charge in [-0.15, -0.1) is 0 Å². The Balaban J connectivity index is 3.36. The number of nitrogens with one attached hydrogen (secondary N) is 1. The highest BCUT2D eigenvalue weighted by molar-refractivity contribution is 5.80. The van der Waals surface area contributed by atoms with Gasteiger partial charge in [-0.05, 0) is 6.42 Å². The third-order valence-electron chi connectivity index (χ3n) is 2.77. The Hall–Kier alpha value is -1.06. The summed E-state index contributed by atoms with van der Waals surface area (Å²) in [4.78, 5) is 22.3. The van der Waals surface area contributed by atoms with E-state index in [0.717, 1.165) is 12.8 Å². The molecule has 0 radical (unpaired) electrons. The quantitative estimate of drug-likeness (QED) is 0.525. The zero-order valence-corrected chi connectivity index (χ0v) is 11.4. The molecule has 0 aromatic rings. The summed E-state index contributed by atoms with van der Waals surface area (Å²) in [6.07, 6.45) is 8.86. The maximum absolute atomic E-state index is 11.4. The van der Waals surface area contributed by atoms with Crippen LogP contribution in [0.15, 0.2) is 0 Å². The number of hydrogen-bond donors (Lipinski definition) is 1. The lowest BCUT2D eigenvalue weighted by Crippen LogP contribution is -2.41. The van der Waals surface area contributed by atoms with E-state index in [1.165, 1.54) is 44.0 Å². The first-order chi connectivity index (χ1) is 8.07. The molecule has 0 bridgehead atoms. The van der Waals surface area contributed by atoms with Crippen LogP contribution in [0.2, 0.25) is 0 Å². The second kappa shape index (κ2) is 10.1. The van der Waals surface area contributed by atoms with Crippen LogP contribution in [0.1, 0.15) is 65.2 Å². The summed E-state index contributed by atoms with van der Waals surface area (Å²) in [5.41, 5.74) is 2.54. The van der Waals surface area contributed by atoms with E-state index in [1.807, 2.05) is 0 Å². The van der Waals surface area contributed by atoms with Gasteiger partial charge >= 0.3 is 0 Å². The molecule has 0 rings (SSSR count). The average Bonchev–Trinajstić information content (AvgIpc) is 2.27. The van der Waals surface area contributed by atoms with Crippen molar-refractivity contribution in [2.75, 3.05) is 7.05 Å². The normalized spacial score (nSPS) is 10.1. The van der Waals surface area contributed by atoms with Crippen LogP contribution in [0.5, 0.6) is 0 Å². The number of carbonyl (C=O) groups is 2. The van der Waals surface area contributed by atoms with Crippen LogP contribution in [0.3, 0.4) is 0 Å². The van der Waals surface area contributed by atoms with E-state index in [1.54, 1.807) is 7.05 Å². The molecule has 2 amide bonds. The Morgan fingerprint density at radius 2 is 1.53 bits per heavy atom. The fourth-order valence-corrected chi connectivity index (χ4v) is 1.56. The van der Waals surface area contributed by atoms with Gasteiger partial charge in [0.2, 0.25) is 11.8 Å². The Morgan fingerprint density at radius 1 is 1.00 bits per heavy atom. The first-order valence-corrected chi connectivity index (χ1v) is 6.61. The van der Waals surface area contributed by atoms with Crippen molar-refractivity contribution in [3.63, 3.8) is 0 Å². The molecule has 0 spiro atoms. The highest BCUT2D eigenvalue weighted by Gasteiger charge is 2.06. The summed E-state index contributed by atoms with van der Waals surface area (Å²) >= 11 is 0. The molecule has 0 unspecified atom stereocenters. The first kappa shape index (κ1) is 15.9. The van der Waals surface area contributed by atoms with Crippen molar-refractivity contribution >= 4 is 11.8 Å². The van der Waals surface area contributed by atoms with Crippen LogP contribution in [0, 0.1) is 0 Å². The van der Waals surface area contributed by atoms with Crippen LogP contribution >= 0.6 is 0 Å². The van der Waals surface area contributed by atoms with E-state index in [0.29, 0.717) is 6.42 Å². The molecule has 4 heteroatoms. The molecule has 100 valence electrons. The molecule has 0 heterocycles. The van der Waals surface area contributed by atoms with E-state index in [9.17, 15) is 9.59 Å². The largest absolute Gasteiger partial charge is 0.273 e. The van der Waals surface area contributed by atoms with Gasteiger partial charge in [0.25, 0.3) is 0 Å². The fraction of sp³-hybridized carbons (Fsp3) is 0.846. The second-order valence-corrected chi connectivity index (χ2v) is 4.48. The van der Waals surface area contributed by atoms with E-state index in [2.05, 4.69) is 12.3 Å². The second-order valence-electron chi connectivity index (χ2n) is 4.48. The van der Waals surface area contributed by atoms with Gasteiger partial charge < -0.3 is 0 Å². The zero-order valence-electron chi connectivity index (χ0n) is 11.4. The fourth-order valence-electron chi connectivity index (χ4n) is 1.56. The van der Waals surface area contributed by atoms with Crippen LogP contribution in [-0.4, -0.2) is 23.9 Å². The van der Waals surface area contributed by atoms with Gasteiger partial charge in [0, 0.05) is 20.4 Å². The van der Waals surface area contributed by atoms with Gasteiger partial charge in [-0.1, -0.05) is 45.4 Å². The predicted octanol–water partition coefficient (Wildman–Crippen LogP) is 2.64. The Kier molecular flexibility index (Phi) is 9.49. The van der Waals surface area contributed by atoms with Gasteiger partial charge in [0.05, 0.1) is 0 Å². The van der Waals surface area contributed by atoms with Crippen LogP contribution in [0.25, 0.3) is 0 Å². The number of amides is 2. The van der Waals surface area contributed by atoms with Gasteiger partial charge in [-0.2, -0.15) is 0 Å². The van der Waals surface area contributed by atoms with Gasteiger partial charge in [-0.25, -0.2) is 0 Å². The Labute approximate surface area is 105 Å². The minimum Gasteiger partial charge on any atom is -0.273 e. The molecular formula is C13H26N2O2. The lowest BCUT2D eigenvalue weighted by atomic mass is 10.1. The predicted molar refractivity (Wildman–Crippen MR) is 69.2 cm³/mol. The first-order valence-electron chi connectivity index (χ1n) is 6.61. The van der Waals surface area contributed by atoms with Crippen molar-refractivity contribution in [1.82, 2.24) is 10.4 Å². The highest BCUT2D eigenvalue weighted by atomic mass is 16.2. The van der Waals surface area contributed by atoms with Crippen LogP contribution in [0.4, 0.5) is 0 Å². The number of hydrogen-bond acceptors (Lipinski definition) is 2. The monoisotopic (exact) mass is 242 g/mol. The van der Waals surface area contributed by atoms with Crippen molar-refractivity contribution in [3.8, 4) is 0 Å². The Morgan fingerprint density at radius 3 is 2.06 bits per heavy atom. The third-order valence-corrected chi connectivity index (χ3v) is 2.77. The molecule has 17 heavy (non-hydrogen) atoms. The summed E-state index contributed by atoms with van der Waals surface area (Å²) in [6, 6.07) is 0. The molecule has 0 saturated carbocycles. The molecule has 0 fully saturated rings. The zero-order chi connectivity index (χ0) is 13.1. The summed E-state index contributed by atoms with van der Waals surface area (Å²) in [6.45, 7) is 3.63. The van der Waals surface area contributed by atoms with Crippen molar-refractivity contribution < 1.29 is 9.59 Å². The summed E-state index contributed by atoms with van der Waals surface area (Å²) < 4.78 is 0. The molecule has 0 aliphatic heterocycles. The molecule has 0 aliphatic rings. The molecule has 0 atom stereocenters. The molecule has 0 saturated heterocycles. The summed E-state index contributed by atoms with van der Waals surface area (Å²) in [7, 11) is 1.56. The molecular weight excluding hydrogens is 216 g/mol. The standard InChI is InChI=1S/C13H26N2O2/c1-4-5-6-7-8-9-10-11-13(17)14-15(3)12(2)16/h4-11H2,1-3H3,(H,14,17). The minimum atomic E-state index is -0.155. The Bertz CT molecular complexity index is 229. The maximum Gasteiger partial charge on any atom is 0.238 e. The van der Waals surface area contributed by atoms with Gasteiger partial charge in [0.15, 0.2) is 0 Å². The topological polar surface area (TPSA) is 49.4 Å². The maximum atomic E-state index is 11.4. The molecule has 1 N–H and O–H groups in total. The number of carbonyl (C=O) groups excluding carboxylic acids is 2. The van der Waals surface area contributed by atoms with Crippen LogP contribution in [-0.2, 0) is 9.59 Å². The lowest BCUT2D eigenvalue weighted by Gasteiger charge is -2.15. The van der Waals surface area contributed by atoms with E-state index >= 15 is 0 Å². The van der Waals surface area contributed by atoms with E-state index in [4.69, 9.17) is 0 Å². The van der Waals surface area contributed by atoms with Crippen molar-refractivity contribution in [2.24, 2.45) is 0 Å². The molecule has 0 aromatic heterocycles. The van der Waals surface area contributed by atoms with Crippen LogP contribution < -0.4 is 5.43 Å². The number of nitrogens with zero attached hydrogens (tertiary/aromatic N) is 1. The summed E-state index contributed by atoms with van der Waals surface area (Å²) in [5.74, 6) is -0.228. The number of hydrazine groups is 1. The summed E-state index contributed by atoms with van der Waals surface area (Å²) in [5, 5.41) is 1.23. The number of rotatable bonds is 8. The molecule has 0 aromatic carbocycles. The van der Waals surface area contributed by atoms with Crippen molar-refractivity contribution in [1.29, 1.82) is 0 Å². The average molecular weight is 242 g/mol. The van der Waals surface area contributed by atoms with Gasteiger partial charge in [-0.3, -0.25) is 20.0 Å². The highest BCUT2D eigenvalue weighted by Crippen LogP contribution is 2.08. The van der Waals surface area contributed by atoms with Gasteiger partial charge in [0.1, 0.15) is 0 Å². The molecule has 4 nitrogen and oxygen atoms in total. The van der Waals surface area contributed by atoms with Crippen molar-refractivity contribution in [2.45, 2.75) is 65.2 Å². The smallest absolute Gasteiger partial charge is 0.238 e. The number of unbranched alkanes of at least 4 members (excludes halogenated alkanes) is 6.